The minimum Gasteiger partial charge on any atom is -0.326 e. The van der Waals surface area contributed by atoms with Crippen molar-refractivity contribution < 1.29 is 14.0 Å². The first-order chi connectivity index (χ1) is 22.9. The highest BCUT2D eigenvalue weighted by Crippen LogP contribution is 2.37. The monoisotopic (exact) mass is 635 g/mol. The number of imidazole rings is 1. The highest BCUT2D eigenvalue weighted by molar-refractivity contribution is 5.95. The number of anilines is 1. The van der Waals surface area contributed by atoms with Gasteiger partial charge in [0.05, 0.1) is 34.8 Å². The van der Waals surface area contributed by atoms with Crippen LogP contribution >= 0.6 is 0 Å². The molecule has 1 saturated heterocycles. The normalized spacial score (nSPS) is 15.2. The Labute approximate surface area is 274 Å². The molecule has 10 heteroatoms. The molecule has 5 aromatic rings. The van der Waals surface area contributed by atoms with Gasteiger partial charge < -0.3 is 14.0 Å². The van der Waals surface area contributed by atoms with Crippen LogP contribution in [0.2, 0.25) is 0 Å². The van der Waals surface area contributed by atoms with Crippen LogP contribution in [-0.4, -0.2) is 74.5 Å². The Morgan fingerprint density at radius 1 is 1.06 bits per heavy atom. The summed E-state index contributed by atoms with van der Waals surface area (Å²) >= 11 is 0. The maximum atomic E-state index is 12.7. The van der Waals surface area contributed by atoms with Crippen LogP contribution in [0.3, 0.4) is 0 Å². The van der Waals surface area contributed by atoms with E-state index in [0.29, 0.717) is 37.3 Å². The molecule has 0 N–H and O–H groups in total. The number of carbonyl (C=O) groups excluding carboxylic acids is 2. The van der Waals surface area contributed by atoms with E-state index in [-0.39, 0.29) is 12.6 Å². The molecular formula is C37H42FN7O2. The highest BCUT2D eigenvalue weighted by Gasteiger charge is 2.27. The first-order valence-corrected chi connectivity index (χ1v) is 16.9. The molecule has 0 bridgehead atoms. The molecule has 1 aliphatic heterocycles. The number of amides is 1. The SMILES string of the molecule is CCc1nc(N2CCCC2=O)ccc1-c1ccc2cc(-c3nc4cc(C=O)c(CCN(C)CCCF)cc4n3C)n(CC3CC3)c2n1. The predicted octanol–water partition coefficient (Wildman–Crippen LogP) is 6.40. The second-order valence-corrected chi connectivity index (χ2v) is 13.1. The van der Waals surface area contributed by atoms with Gasteiger partial charge >= 0.3 is 0 Å². The van der Waals surface area contributed by atoms with Crippen molar-refractivity contribution in [3.63, 3.8) is 0 Å². The maximum Gasteiger partial charge on any atom is 0.228 e. The van der Waals surface area contributed by atoms with E-state index in [4.69, 9.17) is 15.0 Å². The number of hydrogen-bond donors (Lipinski definition) is 0. The van der Waals surface area contributed by atoms with E-state index in [1.165, 1.54) is 12.8 Å². The summed E-state index contributed by atoms with van der Waals surface area (Å²) in [5, 5.41) is 1.05. The zero-order valence-electron chi connectivity index (χ0n) is 27.5. The van der Waals surface area contributed by atoms with Crippen molar-refractivity contribution in [2.75, 3.05) is 38.3 Å². The van der Waals surface area contributed by atoms with Gasteiger partial charge in [0.15, 0.2) is 5.82 Å². The lowest BCUT2D eigenvalue weighted by atomic mass is 10.0. The smallest absolute Gasteiger partial charge is 0.228 e. The van der Waals surface area contributed by atoms with Crippen LogP contribution in [0.15, 0.2) is 42.5 Å². The zero-order chi connectivity index (χ0) is 32.7. The summed E-state index contributed by atoms with van der Waals surface area (Å²) in [6, 6.07) is 14.4. The summed E-state index contributed by atoms with van der Waals surface area (Å²) < 4.78 is 17.1. The second kappa shape index (κ2) is 13.0. The minimum atomic E-state index is -0.325. The van der Waals surface area contributed by atoms with Gasteiger partial charge in [-0.05, 0) is 99.5 Å². The number of pyridine rings is 2. The third-order valence-corrected chi connectivity index (χ3v) is 9.74. The summed E-state index contributed by atoms with van der Waals surface area (Å²) in [4.78, 5) is 43.6. The van der Waals surface area contributed by atoms with Gasteiger partial charge in [-0.1, -0.05) is 6.92 Å². The molecule has 1 aliphatic carbocycles. The van der Waals surface area contributed by atoms with Crippen LogP contribution in [-0.2, 0) is 31.2 Å². The van der Waals surface area contributed by atoms with Gasteiger partial charge in [-0.15, -0.1) is 0 Å². The zero-order valence-corrected chi connectivity index (χ0v) is 27.5. The van der Waals surface area contributed by atoms with Crippen molar-refractivity contribution in [2.45, 2.75) is 58.4 Å². The molecular weight excluding hydrogens is 593 g/mol. The number of fused-ring (bicyclic) bond motifs is 2. The summed E-state index contributed by atoms with van der Waals surface area (Å²) in [6.07, 6.45) is 6.71. The van der Waals surface area contributed by atoms with E-state index in [1.807, 2.05) is 26.2 Å². The largest absolute Gasteiger partial charge is 0.326 e. The lowest BCUT2D eigenvalue weighted by molar-refractivity contribution is -0.117. The van der Waals surface area contributed by atoms with Crippen LogP contribution in [0, 0.1) is 5.92 Å². The van der Waals surface area contributed by atoms with Gasteiger partial charge in [-0.25, -0.2) is 15.0 Å². The van der Waals surface area contributed by atoms with Gasteiger partial charge in [-0.2, -0.15) is 0 Å². The van der Waals surface area contributed by atoms with Crippen LogP contribution in [0.1, 0.15) is 60.6 Å². The average Bonchev–Trinajstić information content (AvgIpc) is 3.57. The molecule has 1 saturated carbocycles. The number of alkyl halides is 1. The molecule has 0 spiro atoms. The van der Waals surface area contributed by atoms with Gasteiger partial charge in [0.25, 0.3) is 0 Å². The number of carbonyl (C=O) groups is 2. The van der Waals surface area contributed by atoms with Crippen molar-refractivity contribution in [1.29, 1.82) is 0 Å². The Hall–Kier alpha value is -4.44. The van der Waals surface area contributed by atoms with Gasteiger partial charge in [-0.3, -0.25) is 18.9 Å². The van der Waals surface area contributed by atoms with E-state index < -0.39 is 0 Å². The molecule has 0 atom stereocenters. The fourth-order valence-electron chi connectivity index (χ4n) is 6.85. The van der Waals surface area contributed by atoms with Crippen LogP contribution < -0.4 is 4.90 Å². The third kappa shape index (κ3) is 6.06. The van der Waals surface area contributed by atoms with Crippen molar-refractivity contribution in [3.05, 3.63) is 59.3 Å². The van der Waals surface area contributed by atoms with Crippen molar-refractivity contribution in [3.8, 4) is 22.8 Å². The molecule has 5 heterocycles. The number of aldehydes is 1. The number of benzene rings is 1. The van der Waals surface area contributed by atoms with Crippen molar-refractivity contribution >= 4 is 40.1 Å². The molecule has 7 rings (SSSR count). The van der Waals surface area contributed by atoms with Crippen LogP contribution in [0.4, 0.5) is 10.2 Å². The summed E-state index contributed by atoms with van der Waals surface area (Å²) in [5.41, 5.74) is 8.08. The molecule has 47 heavy (non-hydrogen) atoms. The van der Waals surface area contributed by atoms with Crippen molar-refractivity contribution in [2.24, 2.45) is 13.0 Å². The first kappa shape index (κ1) is 31.2. The summed E-state index contributed by atoms with van der Waals surface area (Å²) in [6.45, 7) is 4.78. The predicted molar refractivity (Wildman–Crippen MR) is 184 cm³/mol. The van der Waals surface area contributed by atoms with E-state index in [0.717, 1.165) is 101 Å². The second-order valence-electron chi connectivity index (χ2n) is 13.1. The quantitative estimate of drug-likeness (QED) is 0.139. The Morgan fingerprint density at radius 3 is 2.64 bits per heavy atom. The topological polar surface area (TPSA) is 89.2 Å². The van der Waals surface area contributed by atoms with Gasteiger partial charge in [0.1, 0.15) is 17.8 Å². The number of nitrogens with zero attached hydrogens (tertiary/aromatic N) is 7. The lowest BCUT2D eigenvalue weighted by Gasteiger charge is -2.17. The van der Waals surface area contributed by atoms with E-state index in [1.54, 1.807) is 4.90 Å². The van der Waals surface area contributed by atoms with E-state index in [9.17, 15) is 14.0 Å². The van der Waals surface area contributed by atoms with Gasteiger partial charge in [0.2, 0.25) is 5.91 Å². The van der Waals surface area contributed by atoms with E-state index >= 15 is 0 Å². The summed E-state index contributed by atoms with van der Waals surface area (Å²) in [7, 11) is 4.02. The highest BCUT2D eigenvalue weighted by atomic mass is 19.1. The number of aryl methyl sites for hydroxylation is 2. The Balaban J connectivity index is 1.27. The maximum absolute atomic E-state index is 12.7. The average molecular weight is 636 g/mol. The number of halogens is 1. The molecule has 4 aromatic heterocycles. The molecule has 9 nitrogen and oxygen atoms in total. The molecule has 1 amide bonds. The number of hydrogen-bond acceptors (Lipinski definition) is 6. The molecule has 2 fully saturated rings. The Morgan fingerprint density at radius 2 is 1.91 bits per heavy atom. The Kier molecular flexibility index (Phi) is 8.61. The fraction of sp³-hybridized carbons (Fsp3) is 0.432. The first-order valence-electron chi connectivity index (χ1n) is 16.9. The molecule has 0 radical (unpaired) electrons. The fourth-order valence-corrected chi connectivity index (χ4v) is 6.85. The lowest BCUT2D eigenvalue weighted by Crippen LogP contribution is -2.25. The standard InChI is InChI=1S/C37H42FN7O2/c1-4-29-28(11-13-34(39-29)44-17-5-7-35(44)47)30-12-10-26-21-33(45(36(26)40-30)22-24-8-9-24)37-41-31-19-27(23-46)25(20-32(31)43(37)3)14-18-42(2)16-6-15-38/h10-13,19-21,23-24H,4-9,14-18,22H2,1-3H3. The minimum absolute atomic E-state index is 0.135. The third-order valence-electron chi connectivity index (χ3n) is 9.74. The molecule has 2 aliphatic rings. The number of aromatic nitrogens is 5. The summed E-state index contributed by atoms with van der Waals surface area (Å²) in [5.74, 6) is 2.30. The molecule has 244 valence electrons. The van der Waals surface area contributed by atoms with Crippen LogP contribution in [0.5, 0.6) is 0 Å². The molecule has 0 unspecified atom stereocenters. The number of likely N-dealkylation sites (N-methyl/N-ethyl adjacent to an activating group) is 1. The number of rotatable bonds is 13. The van der Waals surface area contributed by atoms with E-state index in [2.05, 4.69) is 51.3 Å². The Bertz CT molecular complexity index is 1970. The van der Waals surface area contributed by atoms with Gasteiger partial charge in [0, 0.05) is 56.2 Å². The molecule has 1 aromatic carbocycles. The van der Waals surface area contributed by atoms with Crippen molar-refractivity contribution in [1.82, 2.24) is 29.0 Å². The van der Waals surface area contributed by atoms with Crippen LogP contribution in [0.25, 0.3) is 44.8 Å².